The van der Waals surface area contributed by atoms with Crippen molar-refractivity contribution in [2.24, 2.45) is 0 Å². The molecule has 0 aliphatic carbocycles. The summed E-state index contributed by atoms with van der Waals surface area (Å²) in [4.78, 5) is 23.2. The van der Waals surface area contributed by atoms with Crippen LogP contribution in [0.2, 0.25) is 0 Å². The largest absolute Gasteiger partial charge is 0.428 e. The van der Waals surface area contributed by atoms with E-state index < -0.39 is 5.63 Å². The molecular formula is C14H14N2O3. The van der Waals surface area contributed by atoms with E-state index in [0.29, 0.717) is 17.1 Å². The van der Waals surface area contributed by atoms with Crippen LogP contribution in [0.4, 0.5) is 17.1 Å². The molecule has 19 heavy (non-hydrogen) atoms. The molecule has 3 N–H and O–H groups in total. The molecule has 0 unspecified atom stereocenters. The third-order valence-corrected chi connectivity index (χ3v) is 2.62. The molecule has 1 aromatic heterocycles. The molecule has 0 fully saturated rings. The van der Waals surface area contributed by atoms with Gasteiger partial charge in [-0.15, -0.1) is 0 Å². The predicted octanol–water partition coefficient (Wildman–Crippen LogP) is 2.48. The van der Waals surface area contributed by atoms with Gasteiger partial charge in [-0.05, 0) is 38.1 Å². The monoisotopic (exact) mass is 258 g/mol. The molecule has 2 rings (SSSR count). The Morgan fingerprint density at radius 2 is 1.89 bits per heavy atom. The molecule has 0 bridgehead atoms. The van der Waals surface area contributed by atoms with Gasteiger partial charge in [-0.2, -0.15) is 0 Å². The van der Waals surface area contributed by atoms with Crippen molar-refractivity contribution in [3.05, 3.63) is 52.1 Å². The molecule has 5 nitrogen and oxygen atoms in total. The summed E-state index contributed by atoms with van der Waals surface area (Å²) in [5.74, 6) is 0.0969. The fraction of sp³-hybridized carbons (Fsp3) is 0.143. The number of ketones is 1. The summed E-state index contributed by atoms with van der Waals surface area (Å²) in [6.45, 7) is 2.98. The number of nitrogen functional groups attached to an aromatic ring is 1. The lowest BCUT2D eigenvalue weighted by Gasteiger charge is -2.10. The zero-order valence-corrected chi connectivity index (χ0v) is 10.7. The molecule has 0 radical (unpaired) electrons. The van der Waals surface area contributed by atoms with Gasteiger partial charge in [-0.3, -0.25) is 4.79 Å². The standard InChI is InChI=1S/C14H14N2O3/c1-8-7-12(13(9(2)17)14(18)19-8)16-11-5-3-10(15)4-6-11/h3-7,16H,15H2,1-2H3. The van der Waals surface area contributed by atoms with Gasteiger partial charge in [0, 0.05) is 17.4 Å². The molecule has 98 valence electrons. The fourth-order valence-electron chi connectivity index (χ4n) is 1.77. The van der Waals surface area contributed by atoms with E-state index >= 15 is 0 Å². The Labute approximate surface area is 110 Å². The van der Waals surface area contributed by atoms with Crippen LogP contribution in [0.1, 0.15) is 23.0 Å². The smallest absolute Gasteiger partial charge is 0.348 e. The fourth-order valence-corrected chi connectivity index (χ4v) is 1.77. The van der Waals surface area contributed by atoms with Crippen molar-refractivity contribution in [2.75, 3.05) is 11.1 Å². The normalized spacial score (nSPS) is 10.2. The zero-order chi connectivity index (χ0) is 14.0. The van der Waals surface area contributed by atoms with E-state index in [1.807, 2.05) is 0 Å². The lowest BCUT2D eigenvalue weighted by atomic mass is 10.1. The van der Waals surface area contributed by atoms with Crippen LogP contribution >= 0.6 is 0 Å². The second-order valence-electron chi connectivity index (χ2n) is 4.24. The van der Waals surface area contributed by atoms with Crippen molar-refractivity contribution in [1.29, 1.82) is 0 Å². The van der Waals surface area contributed by atoms with Gasteiger partial charge in [-0.25, -0.2) is 4.79 Å². The summed E-state index contributed by atoms with van der Waals surface area (Å²) in [6.07, 6.45) is 0. The summed E-state index contributed by atoms with van der Waals surface area (Å²) in [5, 5.41) is 3.03. The molecule has 0 saturated carbocycles. The number of aryl methyl sites for hydroxylation is 1. The van der Waals surface area contributed by atoms with Crippen LogP contribution in [-0.4, -0.2) is 5.78 Å². The van der Waals surface area contributed by atoms with Crippen LogP contribution in [0.3, 0.4) is 0 Å². The first-order valence-corrected chi connectivity index (χ1v) is 5.75. The molecule has 0 aliphatic heterocycles. The van der Waals surface area contributed by atoms with E-state index in [1.165, 1.54) is 6.92 Å². The first kappa shape index (κ1) is 12.9. The highest BCUT2D eigenvalue weighted by Crippen LogP contribution is 2.21. The average molecular weight is 258 g/mol. The molecular weight excluding hydrogens is 244 g/mol. The number of benzene rings is 1. The van der Waals surface area contributed by atoms with Gasteiger partial charge in [0.2, 0.25) is 0 Å². The summed E-state index contributed by atoms with van der Waals surface area (Å²) in [7, 11) is 0. The van der Waals surface area contributed by atoms with Crippen molar-refractivity contribution in [3.8, 4) is 0 Å². The third-order valence-electron chi connectivity index (χ3n) is 2.62. The van der Waals surface area contributed by atoms with Gasteiger partial charge < -0.3 is 15.5 Å². The average Bonchev–Trinajstić information content (AvgIpc) is 2.30. The second kappa shape index (κ2) is 4.97. The minimum absolute atomic E-state index is 0.0161. The van der Waals surface area contributed by atoms with E-state index in [9.17, 15) is 9.59 Å². The Hall–Kier alpha value is -2.56. The molecule has 0 atom stereocenters. The van der Waals surface area contributed by atoms with Crippen LogP contribution in [0.25, 0.3) is 0 Å². The summed E-state index contributed by atoms with van der Waals surface area (Å²) >= 11 is 0. The number of rotatable bonds is 3. The first-order valence-electron chi connectivity index (χ1n) is 5.75. The molecule has 1 heterocycles. The lowest BCUT2D eigenvalue weighted by molar-refractivity contribution is 0.101. The Morgan fingerprint density at radius 3 is 2.47 bits per heavy atom. The van der Waals surface area contributed by atoms with Crippen molar-refractivity contribution in [1.82, 2.24) is 0 Å². The topological polar surface area (TPSA) is 85.3 Å². The maximum absolute atomic E-state index is 11.7. The number of hydrogen-bond acceptors (Lipinski definition) is 5. The number of carbonyl (C=O) groups excluding carboxylic acids is 1. The van der Waals surface area contributed by atoms with Crippen molar-refractivity contribution < 1.29 is 9.21 Å². The SMILES string of the molecule is CC(=O)c1c(Nc2ccc(N)cc2)cc(C)oc1=O. The van der Waals surface area contributed by atoms with Crippen LogP contribution < -0.4 is 16.7 Å². The highest BCUT2D eigenvalue weighted by molar-refractivity contribution is 5.99. The molecule has 0 aliphatic rings. The van der Waals surface area contributed by atoms with Gasteiger partial charge in [0.25, 0.3) is 0 Å². The molecule has 0 saturated heterocycles. The van der Waals surface area contributed by atoms with E-state index in [1.54, 1.807) is 37.3 Å². The highest BCUT2D eigenvalue weighted by atomic mass is 16.4. The summed E-state index contributed by atoms with van der Waals surface area (Å²) < 4.78 is 4.93. The van der Waals surface area contributed by atoms with E-state index in [4.69, 9.17) is 10.2 Å². The van der Waals surface area contributed by atoms with E-state index in [0.717, 1.165) is 5.69 Å². The number of hydrogen-bond donors (Lipinski definition) is 2. The van der Waals surface area contributed by atoms with Gasteiger partial charge in [0.1, 0.15) is 11.3 Å². The number of nitrogens with one attached hydrogen (secondary N) is 1. The van der Waals surface area contributed by atoms with Gasteiger partial charge in [0.15, 0.2) is 5.78 Å². The Kier molecular flexibility index (Phi) is 3.37. The van der Waals surface area contributed by atoms with Crippen molar-refractivity contribution in [3.63, 3.8) is 0 Å². The van der Waals surface area contributed by atoms with Crippen molar-refractivity contribution in [2.45, 2.75) is 13.8 Å². The molecule has 5 heteroatoms. The van der Waals surface area contributed by atoms with Gasteiger partial charge in [-0.1, -0.05) is 0 Å². The minimum atomic E-state index is -0.634. The van der Waals surface area contributed by atoms with Gasteiger partial charge in [0.05, 0.1) is 5.69 Å². The Bertz CT molecular complexity index is 672. The number of Topliss-reactive ketones (excluding diaryl/α,β-unsaturated/α-hetero) is 1. The van der Waals surface area contributed by atoms with Gasteiger partial charge >= 0.3 is 5.63 Å². The molecule has 1 aromatic carbocycles. The molecule has 0 amide bonds. The lowest BCUT2D eigenvalue weighted by Crippen LogP contribution is -2.15. The van der Waals surface area contributed by atoms with Crippen LogP contribution in [-0.2, 0) is 0 Å². The quantitative estimate of drug-likeness (QED) is 0.652. The minimum Gasteiger partial charge on any atom is -0.428 e. The number of anilines is 3. The zero-order valence-electron chi connectivity index (χ0n) is 10.7. The van der Waals surface area contributed by atoms with Crippen molar-refractivity contribution >= 4 is 22.8 Å². The maximum Gasteiger partial charge on any atom is 0.348 e. The summed E-state index contributed by atoms with van der Waals surface area (Å²) in [5.41, 5.74) is 6.80. The number of nitrogens with two attached hydrogens (primary N) is 1. The van der Waals surface area contributed by atoms with Crippen LogP contribution in [0.15, 0.2) is 39.5 Å². The molecule has 2 aromatic rings. The van der Waals surface area contributed by atoms with E-state index in [2.05, 4.69) is 5.32 Å². The van der Waals surface area contributed by atoms with Crippen LogP contribution in [0, 0.1) is 6.92 Å². The van der Waals surface area contributed by atoms with Crippen LogP contribution in [0.5, 0.6) is 0 Å². The van der Waals surface area contributed by atoms with E-state index in [-0.39, 0.29) is 11.3 Å². The molecule has 0 spiro atoms. The summed E-state index contributed by atoms with van der Waals surface area (Å²) in [6, 6.07) is 8.61. The maximum atomic E-state index is 11.7. The predicted molar refractivity (Wildman–Crippen MR) is 73.9 cm³/mol. The number of carbonyl (C=O) groups is 1. The third kappa shape index (κ3) is 2.82. The Balaban J connectivity index is 2.47. The second-order valence-corrected chi connectivity index (χ2v) is 4.24. The Morgan fingerprint density at radius 1 is 1.26 bits per heavy atom. The highest BCUT2D eigenvalue weighted by Gasteiger charge is 2.14. The first-order chi connectivity index (χ1) is 8.97.